The first kappa shape index (κ1) is 16.1. The average Bonchev–Trinajstić information content (AvgIpc) is 2.47. The molecule has 0 amide bonds. The van der Waals surface area contributed by atoms with Crippen LogP contribution < -0.4 is 9.46 Å². The molecule has 0 saturated carbocycles. The molecule has 116 valence electrons. The number of carboxylic acids is 1. The minimum absolute atomic E-state index is 0.124. The van der Waals surface area contributed by atoms with Gasteiger partial charge in [-0.25, -0.2) is 13.2 Å². The van der Waals surface area contributed by atoms with E-state index in [1.54, 1.807) is 12.1 Å². The number of ether oxygens (including phenoxy) is 1. The van der Waals surface area contributed by atoms with Crippen LogP contribution in [0.25, 0.3) is 0 Å². The Morgan fingerprint density at radius 3 is 2.55 bits per heavy atom. The Morgan fingerprint density at radius 1 is 1.23 bits per heavy atom. The second-order valence-corrected chi connectivity index (χ2v) is 6.35. The first-order chi connectivity index (χ1) is 10.3. The van der Waals surface area contributed by atoms with Crippen molar-refractivity contribution < 1.29 is 23.1 Å². The number of para-hydroxylation sites is 1. The van der Waals surface area contributed by atoms with Gasteiger partial charge in [0.15, 0.2) is 5.75 Å². The molecule has 2 aromatic carbocycles. The van der Waals surface area contributed by atoms with Crippen LogP contribution in [0.4, 0.5) is 5.69 Å². The number of sulfonamides is 1. The molecule has 0 aliphatic rings. The Bertz CT molecular complexity index is 820. The number of benzene rings is 2. The van der Waals surface area contributed by atoms with Gasteiger partial charge in [0.1, 0.15) is 0 Å². The smallest absolute Gasteiger partial charge is 0.335 e. The lowest BCUT2D eigenvalue weighted by atomic mass is 10.2. The molecular formula is C14H12ClNO5S. The van der Waals surface area contributed by atoms with Crippen LogP contribution in [-0.4, -0.2) is 26.6 Å². The van der Waals surface area contributed by atoms with Crippen LogP contribution in [0.1, 0.15) is 10.4 Å². The fourth-order valence-corrected chi connectivity index (χ4v) is 3.16. The molecule has 0 aliphatic carbocycles. The SMILES string of the molecule is COc1c(Cl)cccc1NS(=O)(=O)c1cccc(C(=O)O)c1. The van der Waals surface area contributed by atoms with Crippen molar-refractivity contribution in [3.63, 3.8) is 0 Å². The number of carbonyl (C=O) groups is 1. The van der Waals surface area contributed by atoms with Crippen LogP contribution in [0.15, 0.2) is 47.4 Å². The number of aromatic carboxylic acids is 1. The molecule has 8 heteroatoms. The molecule has 0 unspecified atom stereocenters. The molecule has 0 fully saturated rings. The van der Waals surface area contributed by atoms with E-state index in [1.165, 1.54) is 31.4 Å². The third-order valence-corrected chi connectivity index (χ3v) is 4.47. The van der Waals surface area contributed by atoms with Gasteiger partial charge in [0.05, 0.1) is 28.3 Å². The highest BCUT2D eigenvalue weighted by atomic mass is 35.5. The lowest BCUT2D eigenvalue weighted by molar-refractivity contribution is 0.0696. The molecule has 0 bridgehead atoms. The molecule has 0 atom stereocenters. The number of hydrogen-bond acceptors (Lipinski definition) is 4. The van der Waals surface area contributed by atoms with E-state index < -0.39 is 16.0 Å². The monoisotopic (exact) mass is 341 g/mol. The van der Waals surface area contributed by atoms with Crippen molar-refractivity contribution in [2.45, 2.75) is 4.90 Å². The fraction of sp³-hybridized carbons (Fsp3) is 0.0714. The number of halogens is 1. The summed E-state index contributed by atoms with van der Waals surface area (Å²) in [5, 5.41) is 9.18. The first-order valence-corrected chi connectivity index (χ1v) is 7.90. The van der Waals surface area contributed by atoms with Gasteiger partial charge in [0.2, 0.25) is 0 Å². The maximum absolute atomic E-state index is 12.4. The third kappa shape index (κ3) is 3.32. The number of nitrogens with one attached hydrogen (secondary N) is 1. The van der Waals surface area contributed by atoms with Gasteiger partial charge in [-0.15, -0.1) is 0 Å². The van der Waals surface area contributed by atoms with Crippen molar-refractivity contribution in [3.05, 3.63) is 53.1 Å². The molecule has 0 saturated heterocycles. The van der Waals surface area contributed by atoms with E-state index in [1.807, 2.05) is 0 Å². The molecule has 6 nitrogen and oxygen atoms in total. The number of methoxy groups -OCH3 is 1. The van der Waals surface area contributed by atoms with E-state index in [2.05, 4.69) is 4.72 Å². The van der Waals surface area contributed by atoms with Gasteiger partial charge in [-0.3, -0.25) is 4.72 Å². The summed E-state index contributed by atoms with van der Waals surface area (Å²) in [5.41, 5.74) is 0.0386. The Morgan fingerprint density at radius 2 is 1.91 bits per heavy atom. The van der Waals surface area contributed by atoms with Gasteiger partial charge in [-0.05, 0) is 30.3 Å². The predicted molar refractivity (Wildman–Crippen MR) is 82.2 cm³/mol. The third-order valence-electron chi connectivity index (χ3n) is 2.81. The fourth-order valence-electron chi connectivity index (χ4n) is 1.80. The predicted octanol–water partition coefficient (Wildman–Crippen LogP) is 2.85. The molecule has 0 aromatic heterocycles. The number of carboxylic acid groups (broad SMARTS) is 1. The summed E-state index contributed by atoms with van der Waals surface area (Å²) in [4.78, 5) is 10.8. The van der Waals surface area contributed by atoms with E-state index in [9.17, 15) is 13.2 Å². The minimum Gasteiger partial charge on any atom is -0.493 e. The standard InChI is InChI=1S/C14H12ClNO5S/c1-21-13-11(15)6-3-7-12(13)16-22(19,20)10-5-2-4-9(8-10)14(17)18/h2-8,16H,1H3,(H,17,18). The Hall–Kier alpha value is -2.25. The van der Waals surface area contributed by atoms with Crippen LogP contribution in [0.3, 0.4) is 0 Å². The molecule has 0 heterocycles. The van der Waals surface area contributed by atoms with Crippen molar-refractivity contribution in [1.29, 1.82) is 0 Å². The van der Waals surface area contributed by atoms with Gasteiger partial charge < -0.3 is 9.84 Å². The number of hydrogen-bond donors (Lipinski definition) is 2. The van der Waals surface area contributed by atoms with Crippen LogP contribution in [0.5, 0.6) is 5.75 Å². The van der Waals surface area contributed by atoms with Gasteiger partial charge in [0, 0.05) is 0 Å². The van der Waals surface area contributed by atoms with Gasteiger partial charge >= 0.3 is 5.97 Å². The zero-order chi connectivity index (χ0) is 16.3. The zero-order valence-electron chi connectivity index (χ0n) is 11.4. The first-order valence-electron chi connectivity index (χ1n) is 6.04. The quantitative estimate of drug-likeness (QED) is 0.872. The zero-order valence-corrected chi connectivity index (χ0v) is 13.0. The maximum Gasteiger partial charge on any atom is 0.335 e. The number of anilines is 1. The number of rotatable bonds is 5. The lowest BCUT2D eigenvalue weighted by Crippen LogP contribution is -2.14. The molecule has 2 N–H and O–H groups in total. The summed E-state index contributed by atoms with van der Waals surface area (Å²) >= 11 is 5.93. The minimum atomic E-state index is -3.97. The maximum atomic E-state index is 12.4. The van der Waals surface area contributed by atoms with Crippen molar-refractivity contribution in [1.82, 2.24) is 0 Å². The van der Waals surface area contributed by atoms with Crippen molar-refractivity contribution in [3.8, 4) is 5.75 Å². The highest BCUT2D eigenvalue weighted by molar-refractivity contribution is 7.92. The summed E-state index contributed by atoms with van der Waals surface area (Å²) in [6.07, 6.45) is 0. The van der Waals surface area contributed by atoms with Gasteiger partial charge in [0.25, 0.3) is 10.0 Å². The topological polar surface area (TPSA) is 92.7 Å². The lowest BCUT2D eigenvalue weighted by Gasteiger charge is -2.13. The normalized spacial score (nSPS) is 11.0. The average molecular weight is 342 g/mol. The highest BCUT2D eigenvalue weighted by Crippen LogP contribution is 2.33. The summed E-state index contributed by atoms with van der Waals surface area (Å²) in [6.45, 7) is 0. The van der Waals surface area contributed by atoms with Crippen molar-refractivity contribution in [2.24, 2.45) is 0 Å². The largest absolute Gasteiger partial charge is 0.493 e. The van der Waals surface area contributed by atoms with E-state index in [4.69, 9.17) is 21.4 Å². The van der Waals surface area contributed by atoms with Crippen LogP contribution >= 0.6 is 11.6 Å². The molecule has 0 radical (unpaired) electrons. The molecule has 0 spiro atoms. The molecule has 22 heavy (non-hydrogen) atoms. The highest BCUT2D eigenvalue weighted by Gasteiger charge is 2.19. The Balaban J connectivity index is 2.42. The van der Waals surface area contributed by atoms with Crippen LogP contribution in [-0.2, 0) is 10.0 Å². The Labute approximate surface area is 132 Å². The van der Waals surface area contributed by atoms with E-state index >= 15 is 0 Å². The van der Waals surface area contributed by atoms with E-state index in [0.717, 1.165) is 6.07 Å². The van der Waals surface area contributed by atoms with E-state index in [-0.39, 0.29) is 26.9 Å². The second-order valence-electron chi connectivity index (χ2n) is 4.26. The molecular weight excluding hydrogens is 330 g/mol. The van der Waals surface area contributed by atoms with Crippen LogP contribution in [0, 0.1) is 0 Å². The van der Waals surface area contributed by atoms with Crippen molar-refractivity contribution in [2.75, 3.05) is 11.8 Å². The Kier molecular flexibility index (Phi) is 4.58. The summed E-state index contributed by atoms with van der Waals surface area (Å²) in [6, 6.07) is 9.64. The summed E-state index contributed by atoms with van der Waals surface area (Å²) in [5.74, 6) is -1.03. The molecule has 0 aliphatic heterocycles. The van der Waals surface area contributed by atoms with Crippen molar-refractivity contribution >= 4 is 33.3 Å². The summed E-state index contributed by atoms with van der Waals surface area (Å²) in [7, 11) is -2.61. The summed E-state index contributed by atoms with van der Waals surface area (Å²) < 4.78 is 32.1. The molecule has 2 aromatic rings. The van der Waals surface area contributed by atoms with E-state index in [0.29, 0.717) is 0 Å². The van der Waals surface area contributed by atoms with Gasteiger partial charge in [-0.1, -0.05) is 23.7 Å². The van der Waals surface area contributed by atoms with Crippen LogP contribution in [0.2, 0.25) is 5.02 Å². The second kappa shape index (κ2) is 6.25. The van der Waals surface area contributed by atoms with Gasteiger partial charge in [-0.2, -0.15) is 0 Å². The molecule has 2 rings (SSSR count).